The van der Waals surface area contributed by atoms with Gasteiger partial charge in [-0.2, -0.15) is 0 Å². The SMILES string of the molecule is COc1cc(C#CC=O)ccc1F. The van der Waals surface area contributed by atoms with E-state index in [1.807, 2.05) is 0 Å². The third-order valence-electron chi connectivity index (χ3n) is 1.43. The number of benzene rings is 1. The quantitative estimate of drug-likeness (QED) is 0.479. The van der Waals surface area contributed by atoms with Gasteiger partial charge in [-0.1, -0.05) is 5.92 Å². The van der Waals surface area contributed by atoms with E-state index in [0.717, 1.165) is 0 Å². The lowest BCUT2D eigenvalue weighted by Crippen LogP contribution is -1.88. The molecule has 66 valence electrons. The van der Waals surface area contributed by atoms with Gasteiger partial charge < -0.3 is 4.74 Å². The fraction of sp³-hybridized carbons (Fsp3) is 0.100. The van der Waals surface area contributed by atoms with Gasteiger partial charge >= 0.3 is 0 Å². The van der Waals surface area contributed by atoms with Crippen LogP contribution in [0.4, 0.5) is 4.39 Å². The van der Waals surface area contributed by atoms with E-state index in [1.165, 1.54) is 25.3 Å². The summed E-state index contributed by atoms with van der Waals surface area (Å²) >= 11 is 0. The summed E-state index contributed by atoms with van der Waals surface area (Å²) in [5.74, 6) is 4.44. The second-order valence-corrected chi connectivity index (χ2v) is 2.24. The smallest absolute Gasteiger partial charge is 0.193 e. The maximum atomic E-state index is 12.8. The number of rotatable bonds is 1. The van der Waals surface area contributed by atoms with Gasteiger partial charge in [0, 0.05) is 5.56 Å². The maximum absolute atomic E-state index is 12.8. The molecule has 0 bridgehead atoms. The largest absolute Gasteiger partial charge is 0.494 e. The molecule has 13 heavy (non-hydrogen) atoms. The van der Waals surface area contributed by atoms with Gasteiger partial charge in [-0.05, 0) is 24.1 Å². The fourth-order valence-corrected chi connectivity index (χ4v) is 0.850. The molecular weight excluding hydrogens is 171 g/mol. The van der Waals surface area contributed by atoms with Gasteiger partial charge in [0.25, 0.3) is 0 Å². The van der Waals surface area contributed by atoms with E-state index in [1.54, 1.807) is 0 Å². The molecule has 0 saturated carbocycles. The summed E-state index contributed by atoms with van der Waals surface area (Å²) in [4.78, 5) is 9.92. The van der Waals surface area contributed by atoms with E-state index >= 15 is 0 Å². The molecule has 0 aromatic heterocycles. The van der Waals surface area contributed by atoms with E-state index in [9.17, 15) is 9.18 Å². The van der Waals surface area contributed by atoms with E-state index in [4.69, 9.17) is 4.74 Å². The molecule has 0 fully saturated rings. The number of hydrogen-bond donors (Lipinski definition) is 0. The first kappa shape index (κ1) is 9.27. The standard InChI is InChI=1S/C10H7FO2/c1-13-10-7-8(3-2-6-12)4-5-9(10)11/h4-7H,1H3. The Bertz CT molecular complexity index is 374. The summed E-state index contributed by atoms with van der Waals surface area (Å²) in [6.07, 6.45) is 0.482. The van der Waals surface area contributed by atoms with Crippen LogP contribution in [-0.2, 0) is 4.79 Å². The summed E-state index contributed by atoms with van der Waals surface area (Å²) in [7, 11) is 1.37. The number of ether oxygens (including phenoxy) is 1. The molecule has 0 heterocycles. The van der Waals surface area contributed by atoms with Crippen LogP contribution in [-0.4, -0.2) is 13.4 Å². The monoisotopic (exact) mass is 178 g/mol. The van der Waals surface area contributed by atoms with Gasteiger partial charge in [0.1, 0.15) is 0 Å². The summed E-state index contributed by atoms with van der Waals surface area (Å²) in [5, 5.41) is 0. The molecule has 1 aromatic carbocycles. The Labute approximate surface area is 75.3 Å². The number of methoxy groups -OCH3 is 1. The zero-order chi connectivity index (χ0) is 9.68. The number of aldehydes is 1. The molecule has 1 rings (SSSR count). The first-order valence-electron chi connectivity index (χ1n) is 3.56. The van der Waals surface area contributed by atoms with Crippen molar-refractivity contribution in [1.82, 2.24) is 0 Å². The molecule has 0 atom stereocenters. The predicted molar refractivity (Wildman–Crippen MR) is 45.9 cm³/mol. The molecule has 0 spiro atoms. The average Bonchev–Trinajstić information content (AvgIpc) is 2.16. The molecule has 0 saturated heterocycles. The van der Waals surface area contributed by atoms with Crippen molar-refractivity contribution >= 4 is 6.29 Å². The second kappa shape index (κ2) is 4.27. The zero-order valence-corrected chi connectivity index (χ0v) is 7.00. The van der Waals surface area contributed by atoms with Crippen molar-refractivity contribution in [2.75, 3.05) is 7.11 Å². The van der Waals surface area contributed by atoms with Crippen LogP contribution in [0, 0.1) is 17.7 Å². The minimum Gasteiger partial charge on any atom is -0.494 e. The van der Waals surface area contributed by atoms with Crippen molar-refractivity contribution in [1.29, 1.82) is 0 Å². The fourth-order valence-electron chi connectivity index (χ4n) is 0.850. The summed E-state index contributed by atoms with van der Waals surface area (Å²) in [6.45, 7) is 0. The maximum Gasteiger partial charge on any atom is 0.193 e. The summed E-state index contributed by atoms with van der Waals surface area (Å²) < 4.78 is 17.6. The lowest BCUT2D eigenvalue weighted by Gasteiger charge is -2.00. The van der Waals surface area contributed by atoms with Crippen molar-refractivity contribution in [2.24, 2.45) is 0 Å². The van der Waals surface area contributed by atoms with Crippen LogP contribution in [0.3, 0.4) is 0 Å². The first-order chi connectivity index (χ1) is 6.27. The Morgan fingerprint density at radius 1 is 1.54 bits per heavy atom. The molecule has 3 heteroatoms. The Morgan fingerprint density at radius 3 is 2.92 bits per heavy atom. The predicted octanol–water partition coefficient (Wildman–Crippen LogP) is 1.38. The number of carbonyl (C=O) groups excluding carboxylic acids is 1. The molecule has 0 N–H and O–H groups in total. The highest BCUT2D eigenvalue weighted by Gasteiger charge is 2.00. The van der Waals surface area contributed by atoms with Crippen LogP contribution >= 0.6 is 0 Å². The Hall–Kier alpha value is -1.82. The van der Waals surface area contributed by atoms with E-state index in [2.05, 4.69) is 11.8 Å². The van der Waals surface area contributed by atoms with Gasteiger partial charge in [-0.3, -0.25) is 4.79 Å². The second-order valence-electron chi connectivity index (χ2n) is 2.24. The third-order valence-corrected chi connectivity index (χ3v) is 1.43. The van der Waals surface area contributed by atoms with Crippen molar-refractivity contribution in [3.8, 4) is 17.6 Å². The summed E-state index contributed by atoms with van der Waals surface area (Å²) in [6, 6.07) is 4.16. The molecule has 0 aliphatic carbocycles. The van der Waals surface area contributed by atoms with Gasteiger partial charge in [0.05, 0.1) is 7.11 Å². The third kappa shape index (κ3) is 2.31. The van der Waals surface area contributed by atoms with Crippen molar-refractivity contribution in [3.63, 3.8) is 0 Å². The van der Waals surface area contributed by atoms with Crippen molar-refractivity contribution in [3.05, 3.63) is 29.6 Å². The molecule has 0 aliphatic rings. The minimum atomic E-state index is -0.445. The zero-order valence-electron chi connectivity index (χ0n) is 7.00. The van der Waals surface area contributed by atoms with Crippen LogP contribution in [0.5, 0.6) is 5.75 Å². The average molecular weight is 178 g/mol. The molecule has 2 nitrogen and oxygen atoms in total. The Balaban J connectivity index is 3.06. The van der Waals surface area contributed by atoms with Crippen molar-refractivity contribution in [2.45, 2.75) is 0 Å². The Morgan fingerprint density at radius 2 is 2.31 bits per heavy atom. The van der Waals surface area contributed by atoms with Gasteiger partial charge in [0.15, 0.2) is 17.9 Å². The molecule has 0 aliphatic heterocycles. The minimum absolute atomic E-state index is 0.123. The lowest BCUT2D eigenvalue weighted by atomic mass is 10.2. The first-order valence-corrected chi connectivity index (χ1v) is 3.56. The number of halogens is 1. The molecule has 0 radical (unpaired) electrons. The van der Waals surface area contributed by atoms with Crippen LogP contribution in [0.15, 0.2) is 18.2 Å². The number of hydrogen-bond acceptors (Lipinski definition) is 2. The summed E-state index contributed by atoms with van der Waals surface area (Å²) in [5.41, 5.74) is 0.547. The lowest BCUT2D eigenvalue weighted by molar-refractivity contribution is -0.103. The van der Waals surface area contributed by atoms with Gasteiger partial charge in [-0.15, -0.1) is 0 Å². The highest BCUT2D eigenvalue weighted by Crippen LogP contribution is 2.17. The van der Waals surface area contributed by atoms with E-state index in [0.29, 0.717) is 11.8 Å². The van der Waals surface area contributed by atoms with E-state index < -0.39 is 5.82 Å². The normalized spacial score (nSPS) is 8.46. The molecule has 0 unspecified atom stereocenters. The Kier molecular flexibility index (Phi) is 3.04. The number of carbonyl (C=O) groups is 1. The molecule has 1 aromatic rings. The van der Waals surface area contributed by atoms with Crippen LogP contribution < -0.4 is 4.74 Å². The van der Waals surface area contributed by atoms with Gasteiger partial charge in [-0.25, -0.2) is 4.39 Å². The van der Waals surface area contributed by atoms with Gasteiger partial charge in [0.2, 0.25) is 0 Å². The highest BCUT2D eigenvalue weighted by molar-refractivity contribution is 5.74. The highest BCUT2D eigenvalue weighted by atomic mass is 19.1. The van der Waals surface area contributed by atoms with Crippen LogP contribution in [0.1, 0.15) is 5.56 Å². The topological polar surface area (TPSA) is 26.3 Å². The molecular formula is C10H7FO2. The van der Waals surface area contributed by atoms with Crippen LogP contribution in [0.2, 0.25) is 0 Å². The van der Waals surface area contributed by atoms with Crippen molar-refractivity contribution < 1.29 is 13.9 Å². The van der Waals surface area contributed by atoms with E-state index in [-0.39, 0.29) is 5.75 Å². The molecule has 0 amide bonds. The van der Waals surface area contributed by atoms with Crippen LogP contribution in [0.25, 0.3) is 0 Å².